The van der Waals surface area contributed by atoms with Crippen molar-refractivity contribution in [2.45, 2.75) is 25.3 Å². The van der Waals surface area contributed by atoms with Gasteiger partial charge in [0, 0.05) is 17.0 Å². The molecule has 4 aromatic rings. The molecule has 0 aliphatic carbocycles. The largest absolute Gasteiger partial charge is 0.325 e. The first-order valence-electron chi connectivity index (χ1n) is 8.61. The van der Waals surface area contributed by atoms with Crippen molar-refractivity contribution >= 4 is 62.0 Å². The van der Waals surface area contributed by atoms with E-state index in [0.717, 1.165) is 23.3 Å². The van der Waals surface area contributed by atoms with Crippen LogP contribution in [0, 0.1) is 12.7 Å². The summed E-state index contributed by atoms with van der Waals surface area (Å²) >= 11 is 8.80. The van der Waals surface area contributed by atoms with Gasteiger partial charge >= 0.3 is 0 Å². The predicted molar refractivity (Wildman–Crippen MR) is 113 cm³/mol. The number of halogens is 2. The summed E-state index contributed by atoms with van der Waals surface area (Å²) in [5.41, 5.74) is 2.53. The molecular weight excluding hydrogens is 419 g/mol. The Bertz CT molecular complexity index is 1200. The summed E-state index contributed by atoms with van der Waals surface area (Å²) < 4.78 is 16.5. The molecule has 0 bridgehead atoms. The molecule has 0 fully saturated rings. The Kier molecular flexibility index (Phi) is 5.27. The highest BCUT2D eigenvalue weighted by atomic mass is 35.5. The van der Waals surface area contributed by atoms with Crippen LogP contribution in [0.3, 0.4) is 0 Å². The molecule has 1 N–H and O–H groups in total. The number of carbonyl (C=O) groups is 1. The Morgan fingerprint density at radius 2 is 2.11 bits per heavy atom. The van der Waals surface area contributed by atoms with Gasteiger partial charge in [0.1, 0.15) is 16.7 Å². The summed E-state index contributed by atoms with van der Waals surface area (Å²) in [5, 5.41) is 12.1. The number of hydrogen-bond acceptors (Lipinski definition) is 5. The van der Waals surface area contributed by atoms with Gasteiger partial charge in [0.05, 0.1) is 26.5 Å². The zero-order chi connectivity index (χ0) is 19.8. The summed E-state index contributed by atoms with van der Waals surface area (Å²) in [6.07, 6.45) is 0.763. The quantitative estimate of drug-likeness (QED) is 0.431. The van der Waals surface area contributed by atoms with E-state index in [1.807, 2.05) is 6.92 Å². The van der Waals surface area contributed by atoms with Crippen LogP contribution in [-0.2, 0) is 11.2 Å². The van der Waals surface area contributed by atoms with Gasteiger partial charge in [-0.1, -0.05) is 30.3 Å². The van der Waals surface area contributed by atoms with E-state index in [-0.39, 0.29) is 16.7 Å². The van der Waals surface area contributed by atoms with Gasteiger partial charge < -0.3 is 5.32 Å². The molecule has 28 heavy (non-hydrogen) atoms. The Morgan fingerprint density at radius 3 is 2.86 bits per heavy atom. The van der Waals surface area contributed by atoms with E-state index in [9.17, 15) is 9.18 Å². The van der Waals surface area contributed by atoms with Gasteiger partial charge in [-0.25, -0.2) is 4.39 Å². The van der Waals surface area contributed by atoms with Gasteiger partial charge in [-0.15, -0.1) is 21.5 Å². The summed E-state index contributed by atoms with van der Waals surface area (Å²) in [6.45, 7) is 4.13. The maximum absolute atomic E-state index is 13.2. The molecule has 4 rings (SSSR count). The molecule has 144 valence electrons. The molecule has 1 amide bonds. The van der Waals surface area contributed by atoms with Crippen molar-refractivity contribution in [3.05, 3.63) is 51.9 Å². The molecule has 0 aliphatic rings. The number of anilines is 1. The van der Waals surface area contributed by atoms with E-state index in [4.69, 9.17) is 11.6 Å². The summed E-state index contributed by atoms with van der Waals surface area (Å²) in [7, 11) is 0. The van der Waals surface area contributed by atoms with E-state index in [1.54, 1.807) is 11.3 Å². The molecule has 0 spiro atoms. The maximum atomic E-state index is 13.2. The lowest BCUT2D eigenvalue weighted by atomic mass is 10.3. The minimum atomic E-state index is -0.522. The zero-order valence-electron chi connectivity index (χ0n) is 15.1. The van der Waals surface area contributed by atoms with Gasteiger partial charge in [-0.05, 0) is 37.3 Å². The van der Waals surface area contributed by atoms with Crippen LogP contribution >= 0.6 is 34.7 Å². The Hall–Kier alpha value is -2.16. The zero-order valence-corrected chi connectivity index (χ0v) is 17.5. The van der Waals surface area contributed by atoms with E-state index in [0.29, 0.717) is 10.7 Å². The van der Waals surface area contributed by atoms with Crippen molar-refractivity contribution in [2.75, 3.05) is 11.1 Å². The van der Waals surface area contributed by atoms with Crippen molar-refractivity contribution in [1.29, 1.82) is 0 Å². The number of fused-ring (bicyclic) bond motifs is 3. The highest BCUT2D eigenvalue weighted by Gasteiger charge is 2.16. The Labute approximate surface area is 173 Å². The van der Waals surface area contributed by atoms with Crippen molar-refractivity contribution < 1.29 is 9.18 Å². The normalized spacial score (nSPS) is 11.4. The van der Waals surface area contributed by atoms with Crippen LogP contribution in [0.25, 0.3) is 15.7 Å². The molecule has 0 unspecified atom stereocenters. The van der Waals surface area contributed by atoms with Gasteiger partial charge in [0.15, 0.2) is 0 Å². The Balaban J connectivity index is 1.57. The Morgan fingerprint density at radius 1 is 1.29 bits per heavy atom. The second-order valence-electron chi connectivity index (χ2n) is 6.21. The van der Waals surface area contributed by atoms with Crippen LogP contribution < -0.4 is 5.32 Å². The van der Waals surface area contributed by atoms with Crippen LogP contribution in [0.2, 0.25) is 5.02 Å². The number of aromatic nitrogens is 3. The summed E-state index contributed by atoms with van der Waals surface area (Å²) in [5.74, 6) is 0.294. The smallest absolute Gasteiger partial charge is 0.234 e. The number of thioether (sulfide) groups is 1. The van der Waals surface area contributed by atoms with Crippen molar-refractivity contribution in [1.82, 2.24) is 14.6 Å². The molecule has 0 radical (unpaired) electrons. The van der Waals surface area contributed by atoms with Gasteiger partial charge in [-0.3, -0.25) is 9.20 Å². The molecule has 1 aromatic carbocycles. The fourth-order valence-electron chi connectivity index (χ4n) is 2.99. The predicted octanol–water partition coefficient (Wildman–Crippen LogP) is 5.34. The fourth-order valence-corrected chi connectivity index (χ4v) is 4.85. The number of amides is 1. The molecule has 0 saturated heterocycles. The third-order valence-corrected chi connectivity index (χ3v) is 6.45. The lowest BCUT2D eigenvalue weighted by Crippen LogP contribution is -2.14. The third kappa shape index (κ3) is 3.59. The molecule has 0 saturated carbocycles. The maximum Gasteiger partial charge on any atom is 0.234 e. The highest BCUT2D eigenvalue weighted by Crippen LogP contribution is 2.33. The standard InChI is InChI=1S/C19H16ClFN4OS2/c1-3-17-23-24-19(15-8-16-14(25(15)17)6-10(2)28-16)27-9-18(26)22-11-4-5-13(21)12(20)7-11/h4-8H,3,9H2,1-2H3,(H,22,26). The monoisotopic (exact) mass is 434 g/mol. The van der Waals surface area contributed by atoms with Gasteiger partial charge in [0.25, 0.3) is 0 Å². The van der Waals surface area contributed by atoms with Gasteiger partial charge in [-0.2, -0.15) is 0 Å². The second kappa shape index (κ2) is 7.69. The van der Waals surface area contributed by atoms with Crippen LogP contribution in [0.15, 0.2) is 35.4 Å². The molecule has 5 nitrogen and oxygen atoms in total. The van der Waals surface area contributed by atoms with Crippen LogP contribution in [0.1, 0.15) is 17.6 Å². The number of benzene rings is 1. The SMILES string of the molecule is CCc1nnc(SCC(=O)Nc2ccc(F)c(Cl)c2)c2cc3sc(C)cc3n12. The summed E-state index contributed by atoms with van der Waals surface area (Å²) in [6, 6.07) is 8.32. The lowest BCUT2D eigenvalue weighted by Gasteiger charge is -2.08. The molecule has 0 aliphatic heterocycles. The average Bonchev–Trinajstić information content (AvgIpc) is 3.19. The average molecular weight is 435 g/mol. The lowest BCUT2D eigenvalue weighted by molar-refractivity contribution is -0.113. The number of hydrogen-bond donors (Lipinski definition) is 1. The number of nitrogens with zero attached hydrogens (tertiary/aromatic N) is 3. The van der Waals surface area contributed by atoms with E-state index in [2.05, 4.69) is 39.0 Å². The third-order valence-electron chi connectivity index (χ3n) is 4.21. The topological polar surface area (TPSA) is 59.3 Å². The number of nitrogens with one attached hydrogen (secondary N) is 1. The van der Waals surface area contributed by atoms with Crippen molar-refractivity contribution in [2.24, 2.45) is 0 Å². The molecule has 0 atom stereocenters. The number of rotatable bonds is 5. The van der Waals surface area contributed by atoms with E-state index < -0.39 is 5.82 Å². The molecule has 9 heteroatoms. The first-order valence-corrected chi connectivity index (χ1v) is 10.8. The number of carbonyl (C=O) groups excluding carboxylic acids is 1. The van der Waals surface area contributed by atoms with E-state index in [1.165, 1.54) is 39.5 Å². The summed E-state index contributed by atoms with van der Waals surface area (Å²) in [4.78, 5) is 13.5. The first-order chi connectivity index (χ1) is 13.5. The molecule has 3 aromatic heterocycles. The van der Waals surface area contributed by atoms with Crippen molar-refractivity contribution in [3.63, 3.8) is 0 Å². The molecular formula is C19H16ClFN4OS2. The first kappa shape index (κ1) is 19.2. The van der Waals surface area contributed by atoms with Crippen LogP contribution in [0.5, 0.6) is 0 Å². The van der Waals surface area contributed by atoms with Gasteiger partial charge in [0.2, 0.25) is 5.91 Å². The number of aryl methyl sites for hydroxylation is 2. The fraction of sp³-hybridized carbons (Fsp3) is 0.211. The van der Waals surface area contributed by atoms with Crippen molar-refractivity contribution in [3.8, 4) is 0 Å². The molecule has 3 heterocycles. The highest BCUT2D eigenvalue weighted by molar-refractivity contribution is 8.00. The van der Waals surface area contributed by atoms with E-state index >= 15 is 0 Å². The minimum Gasteiger partial charge on any atom is -0.325 e. The van der Waals surface area contributed by atoms with Crippen LogP contribution in [-0.4, -0.2) is 26.3 Å². The minimum absolute atomic E-state index is 0.0308. The number of thiophene rings is 1. The second-order valence-corrected chi connectivity index (χ2v) is 8.87. The van der Waals surface area contributed by atoms with Crippen LogP contribution in [0.4, 0.5) is 10.1 Å².